The average Bonchev–Trinajstić information content (AvgIpc) is 3.11. The van der Waals surface area contributed by atoms with E-state index in [0.29, 0.717) is 0 Å². The Hall–Kier alpha value is -0.380. The summed E-state index contributed by atoms with van der Waals surface area (Å²) < 4.78 is 0. The van der Waals surface area contributed by atoms with Crippen molar-refractivity contribution >= 4 is 11.3 Å². The normalized spacial score (nSPS) is 26.1. The van der Waals surface area contributed by atoms with Crippen molar-refractivity contribution in [3.05, 3.63) is 22.4 Å². The third-order valence-corrected chi connectivity index (χ3v) is 4.68. The van der Waals surface area contributed by atoms with Gasteiger partial charge in [0.25, 0.3) is 0 Å². The van der Waals surface area contributed by atoms with Crippen LogP contribution in [0, 0.1) is 0 Å². The summed E-state index contributed by atoms with van der Waals surface area (Å²) in [5.74, 6) is 0. The number of nitrogens with one attached hydrogen (secondary N) is 1. The molecule has 2 heterocycles. The highest BCUT2D eigenvalue weighted by atomic mass is 32.1. The van der Waals surface area contributed by atoms with Crippen molar-refractivity contribution in [2.24, 2.45) is 0 Å². The zero-order valence-electron chi connectivity index (χ0n) is 10.4. The van der Waals surface area contributed by atoms with E-state index in [1.165, 1.54) is 57.3 Å². The second-order valence-electron chi connectivity index (χ2n) is 5.39. The first-order valence-electron chi connectivity index (χ1n) is 6.91. The van der Waals surface area contributed by atoms with Crippen LogP contribution in [0.4, 0.5) is 0 Å². The lowest BCUT2D eigenvalue weighted by molar-refractivity contribution is 0.168. The average molecular weight is 250 g/mol. The lowest BCUT2D eigenvalue weighted by Gasteiger charge is -2.31. The minimum absolute atomic E-state index is 0.768. The van der Waals surface area contributed by atoms with Crippen molar-refractivity contribution in [3.8, 4) is 0 Å². The fraction of sp³-hybridized carbons (Fsp3) is 0.714. The smallest absolute Gasteiger partial charge is 0.0248 e. The monoisotopic (exact) mass is 250 g/mol. The molecule has 94 valence electrons. The fourth-order valence-corrected chi connectivity index (χ4v) is 3.50. The second-order valence-corrected chi connectivity index (χ2v) is 6.17. The molecule has 1 unspecified atom stereocenters. The fourth-order valence-electron chi connectivity index (χ4n) is 2.84. The molecular formula is C14H22N2S. The summed E-state index contributed by atoms with van der Waals surface area (Å²) in [5, 5.41) is 8.11. The Labute approximate surface area is 108 Å². The Morgan fingerprint density at radius 3 is 2.94 bits per heavy atom. The molecule has 0 bridgehead atoms. The minimum Gasteiger partial charge on any atom is -0.315 e. The summed E-state index contributed by atoms with van der Waals surface area (Å²) in [6.45, 7) is 3.58. The molecule has 0 amide bonds. The number of hydrogen-bond donors (Lipinski definition) is 1. The molecule has 3 heteroatoms. The third kappa shape index (κ3) is 3.09. The van der Waals surface area contributed by atoms with Gasteiger partial charge in [0, 0.05) is 25.2 Å². The van der Waals surface area contributed by atoms with Gasteiger partial charge in [-0.1, -0.05) is 6.42 Å². The number of thiophene rings is 1. The predicted octanol–water partition coefficient (Wildman–Crippen LogP) is 2.85. The molecule has 1 N–H and O–H groups in total. The summed E-state index contributed by atoms with van der Waals surface area (Å²) >= 11 is 1.82. The van der Waals surface area contributed by atoms with Crippen LogP contribution in [0.2, 0.25) is 0 Å². The molecule has 17 heavy (non-hydrogen) atoms. The van der Waals surface area contributed by atoms with Gasteiger partial charge < -0.3 is 5.32 Å². The molecule has 2 fully saturated rings. The molecular weight excluding hydrogens is 228 g/mol. The summed E-state index contributed by atoms with van der Waals surface area (Å²) in [5.41, 5.74) is 1.51. The van der Waals surface area contributed by atoms with Crippen molar-refractivity contribution in [1.29, 1.82) is 0 Å². The van der Waals surface area contributed by atoms with Crippen LogP contribution in [0.15, 0.2) is 16.8 Å². The Kier molecular flexibility index (Phi) is 3.79. The standard InChI is InChI=1S/C14H22N2S/c1-2-7-15-9-14(3-1)16(13-4-5-13)10-12-6-8-17-11-12/h6,8,11,13-15H,1-5,7,9-10H2. The maximum atomic E-state index is 3.60. The molecule has 0 aromatic carbocycles. The molecule has 1 saturated heterocycles. The van der Waals surface area contributed by atoms with Crippen LogP contribution in [0.1, 0.15) is 37.7 Å². The molecule has 0 radical (unpaired) electrons. The highest BCUT2D eigenvalue weighted by Gasteiger charge is 2.33. The highest BCUT2D eigenvalue weighted by Crippen LogP contribution is 2.32. The minimum atomic E-state index is 0.768. The second kappa shape index (κ2) is 5.51. The van der Waals surface area contributed by atoms with E-state index in [2.05, 4.69) is 27.0 Å². The van der Waals surface area contributed by atoms with Crippen molar-refractivity contribution in [3.63, 3.8) is 0 Å². The largest absolute Gasteiger partial charge is 0.315 e. The molecule has 0 spiro atoms. The van der Waals surface area contributed by atoms with Gasteiger partial charge in [-0.25, -0.2) is 0 Å². The van der Waals surface area contributed by atoms with Crippen molar-refractivity contribution < 1.29 is 0 Å². The van der Waals surface area contributed by atoms with Crippen LogP contribution in [0.3, 0.4) is 0 Å². The van der Waals surface area contributed by atoms with E-state index >= 15 is 0 Å². The van der Waals surface area contributed by atoms with Crippen LogP contribution >= 0.6 is 11.3 Å². The lowest BCUT2D eigenvalue weighted by Crippen LogP contribution is -2.42. The first-order valence-corrected chi connectivity index (χ1v) is 7.85. The number of hydrogen-bond acceptors (Lipinski definition) is 3. The summed E-state index contributed by atoms with van der Waals surface area (Å²) in [6.07, 6.45) is 6.97. The molecule has 2 aliphatic rings. The number of rotatable bonds is 4. The van der Waals surface area contributed by atoms with Gasteiger partial charge >= 0.3 is 0 Å². The Balaban J connectivity index is 1.66. The lowest BCUT2D eigenvalue weighted by atomic mass is 10.1. The summed E-state index contributed by atoms with van der Waals surface area (Å²) in [6, 6.07) is 3.93. The Morgan fingerprint density at radius 2 is 2.18 bits per heavy atom. The van der Waals surface area contributed by atoms with E-state index in [9.17, 15) is 0 Å². The Morgan fingerprint density at radius 1 is 1.24 bits per heavy atom. The highest BCUT2D eigenvalue weighted by molar-refractivity contribution is 7.07. The van der Waals surface area contributed by atoms with Crippen LogP contribution in [0.5, 0.6) is 0 Å². The first kappa shape index (κ1) is 11.7. The first-order chi connectivity index (χ1) is 8.43. The van der Waals surface area contributed by atoms with E-state index in [4.69, 9.17) is 0 Å². The van der Waals surface area contributed by atoms with Crippen LogP contribution in [-0.4, -0.2) is 30.1 Å². The zero-order valence-corrected chi connectivity index (χ0v) is 11.2. The van der Waals surface area contributed by atoms with Gasteiger partial charge in [0.2, 0.25) is 0 Å². The summed E-state index contributed by atoms with van der Waals surface area (Å²) in [7, 11) is 0. The van der Waals surface area contributed by atoms with Gasteiger partial charge in [0.05, 0.1) is 0 Å². The van der Waals surface area contributed by atoms with Crippen molar-refractivity contribution in [2.45, 2.75) is 50.7 Å². The molecule has 1 aliphatic heterocycles. The van der Waals surface area contributed by atoms with Crippen LogP contribution in [0.25, 0.3) is 0 Å². The van der Waals surface area contributed by atoms with Gasteiger partial charge in [0.1, 0.15) is 0 Å². The van der Waals surface area contributed by atoms with Crippen LogP contribution < -0.4 is 5.32 Å². The molecule has 2 nitrogen and oxygen atoms in total. The quantitative estimate of drug-likeness (QED) is 0.884. The third-order valence-electron chi connectivity index (χ3n) is 3.95. The van der Waals surface area contributed by atoms with Gasteiger partial charge in [0.15, 0.2) is 0 Å². The van der Waals surface area contributed by atoms with Crippen molar-refractivity contribution in [1.82, 2.24) is 10.2 Å². The maximum absolute atomic E-state index is 3.60. The number of nitrogens with zero attached hydrogens (tertiary/aromatic N) is 1. The van der Waals surface area contributed by atoms with Gasteiger partial charge in [-0.15, -0.1) is 0 Å². The van der Waals surface area contributed by atoms with Gasteiger partial charge in [-0.3, -0.25) is 4.90 Å². The van der Waals surface area contributed by atoms with E-state index in [-0.39, 0.29) is 0 Å². The Bertz CT molecular complexity index is 324. The molecule has 1 aliphatic carbocycles. The zero-order chi connectivity index (χ0) is 11.5. The van der Waals surface area contributed by atoms with Gasteiger partial charge in [-0.05, 0) is 54.6 Å². The van der Waals surface area contributed by atoms with E-state index in [1.54, 1.807) is 0 Å². The SMILES string of the molecule is c1cc(CN(C2CC2)C2CCCCNC2)cs1. The van der Waals surface area contributed by atoms with E-state index in [0.717, 1.165) is 12.1 Å². The van der Waals surface area contributed by atoms with E-state index < -0.39 is 0 Å². The molecule has 1 aromatic rings. The predicted molar refractivity (Wildman–Crippen MR) is 73.4 cm³/mol. The molecule has 1 aromatic heterocycles. The van der Waals surface area contributed by atoms with Gasteiger partial charge in [-0.2, -0.15) is 11.3 Å². The maximum Gasteiger partial charge on any atom is 0.0248 e. The van der Waals surface area contributed by atoms with E-state index in [1.807, 2.05) is 11.3 Å². The molecule has 1 atom stereocenters. The van der Waals surface area contributed by atoms with Crippen molar-refractivity contribution in [2.75, 3.05) is 13.1 Å². The molecule has 3 rings (SSSR count). The summed E-state index contributed by atoms with van der Waals surface area (Å²) in [4.78, 5) is 2.76. The topological polar surface area (TPSA) is 15.3 Å². The molecule has 1 saturated carbocycles. The van der Waals surface area contributed by atoms with Crippen LogP contribution in [-0.2, 0) is 6.54 Å².